The van der Waals surface area contributed by atoms with Gasteiger partial charge in [0.05, 0.1) is 28.0 Å². The summed E-state index contributed by atoms with van der Waals surface area (Å²) in [6.45, 7) is 1.81. The largest absolute Gasteiger partial charge is 0.294 e. The van der Waals surface area contributed by atoms with Crippen LogP contribution in [0.2, 0.25) is 0 Å². The number of halogens is 1. The third-order valence-corrected chi connectivity index (χ3v) is 5.50. The van der Waals surface area contributed by atoms with Gasteiger partial charge in [-0.2, -0.15) is 5.10 Å². The fraction of sp³-hybridized carbons (Fsp3) is 0.167. The fourth-order valence-electron chi connectivity index (χ4n) is 4.11. The maximum absolute atomic E-state index is 13.5. The predicted molar refractivity (Wildman–Crippen MR) is 111 cm³/mol. The molecule has 2 aromatic carbocycles. The van der Waals surface area contributed by atoms with Crippen LogP contribution >= 0.6 is 0 Å². The minimum atomic E-state index is -0.419. The van der Waals surface area contributed by atoms with Crippen LogP contribution in [0.4, 0.5) is 4.39 Å². The van der Waals surface area contributed by atoms with E-state index in [2.05, 4.69) is 5.10 Å². The van der Waals surface area contributed by atoms with Crippen molar-refractivity contribution in [3.05, 3.63) is 88.5 Å². The number of fused-ring (bicyclic) bond motifs is 2. The lowest BCUT2D eigenvalue weighted by Crippen LogP contribution is -2.19. The summed E-state index contributed by atoms with van der Waals surface area (Å²) in [6.07, 6.45) is 1.71. The van der Waals surface area contributed by atoms with Crippen LogP contribution < -0.4 is 0 Å². The molecule has 2 heterocycles. The molecule has 30 heavy (non-hydrogen) atoms. The van der Waals surface area contributed by atoms with Gasteiger partial charge >= 0.3 is 0 Å². The molecule has 0 aliphatic heterocycles. The minimum absolute atomic E-state index is 0.0806. The lowest BCUT2D eigenvalue weighted by molar-refractivity contribution is 0.0957. The Hall–Kier alpha value is -3.67. The molecule has 5 rings (SSSR count). The van der Waals surface area contributed by atoms with Gasteiger partial charge in [-0.3, -0.25) is 9.59 Å². The number of carbonyl (C=O) groups is 2. The van der Waals surface area contributed by atoms with E-state index in [1.165, 1.54) is 24.3 Å². The monoisotopic (exact) mass is 399 g/mol. The number of benzene rings is 2. The van der Waals surface area contributed by atoms with Crippen LogP contribution in [0.5, 0.6) is 0 Å². The Labute approximate surface area is 172 Å². The maximum Gasteiger partial charge on any atom is 0.194 e. The van der Waals surface area contributed by atoms with Crippen molar-refractivity contribution in [2.24, 2.45) is 0 Å². The second-order valence-corrected chi connectivity index (χ2v) is 7.45. The summed E-state index contributed by atoms with van der Waals surface area (Å²) in [7, 11) is 0. The van der Waals surface area contributed by atoms with E-state index >= 15 is 0 Å². The quantitative estimate of drug-likeness (QED) is 0.472. The number of ketones is 2. The molecule has 0 spiro atoms. The number of rotatable bonds is 3. The van der Waals surface area contributed by atoms with E-state index in [0.29, 0.717) is 58.4 Å². The van der Waals surface area contributed by atoms with Crippen molar-refractivity contribution in [3.8, 4) is 5.69 Å². The number of hydrogen-bond acceptors (Lipinski definition) is 4. The molecule has 0 fully saturated rings. The molecule has 0 bridgehead atoms. The van der Waals surface area contributed by atoms with Crippen molar-refractivity contribution < 1.29 is 14.0 Å². The van der Waals surface area contributed by atoms with Gasteiger partial charge in [-0.05, 0) is 56.2 Å². The third kappa shape index (κ3) is 2.84. The molecule has 0 saturated carbocycles. The highest BCUT2D eigenvalue weighted by atomic mass is 19.1. The Balaban J connectivity index is 1.85. The fourth-order valence-corrected chi connectivity index (χ4v) is 4.11. The lowest BCUT2D eigenvalue weighted by Gasteiger charge is -2.18. The van der Waals surface area contributed by atoms with E-state index in [4.69, 9.17) is 4.98 Å². The molecule has 6 heteroatoms. The van der Waals surface area contributed by atoms with Gasteiger partial charge in [0.1, 0.15) is 5.82 Å². The second-order valence-electron chi connectivity index (χ2n) is 7.45. The Kier molecular flexibility index (Phi) is 4.28. The highest BCUT2D eigenvalue weighted by molar-refractivity contribution is 6.22. The normalized spacial score (nSPS) is 13.5. The SMILES string of the molecule is Cc1nn(-c2ccccc2)c2nc3c(c(C(=O)c4ccc(F)cc4)c12)C(=O)CCC3. The molecular weight excluding hydrogens is 381 g/mol. The molecule has 1 aliphatic rings. The number of aryl methyl sites for hydroxylation is 2. The molecule has 5 nitrogen and oxygen atoms in total. The molecular formula is C24H18FN3O2. The second kappa shape index (κ2) is 6.99. The van der Waals surface area contributed by atoms with Crippen LogP contribution in [0, 0.1) is 12.7 Å². The highest BCUT2D eigenvalue weighted by Gasteiger charge is 2.31. The summed E-state index contributed by atoms with van der Waals surface area (Å²) in [4.78, 5) is 31.2. The average molecular weight is 399 g/mol. The Morgan fingerprint density at radius 2 is 1.77 bits per heavy atom. The predicted octanol–water partition coefficient (Wildman–Crippen LogP) is 4.62. The summed E-state index contributed by atoms with van der Waals surface area (Å²) < 4.78 is 15.1. The average Bonchev–Trinajstić information content (AvgIpc) is 3.09. The topological polar surface area (TPSA) is 64.8 Å². The van der Waals surface area contributed by atoms with Crippen molar-refractivity contribution >= 4 is 22.6 Å². The van der Waals surface area contributed by atoms with Crippen molar-refractivity contribution in [1.82, 2.24) is 14.8 Å². The number of aromatic nitrogens is 3. The van der Waals surface area contributed by atoms with Crippen molar-refractivity contribution in [2.45, 2.75) is 26.2 Å². The van der Waals surface area contributed by atoms with E-state index in [1.54, 1.807) is 4.68 Å². The van der Waals surface area contributed by atoms with Crippen molar-refractivity contribution in [1.29, 1.82) is 0 Å². The molecule has 1 aliphatic carbocycles. The van der Waals surface area contributed by atoms with Crippen molar-refractivity contribution in [2.75, 3.05) is 0 Å². The standard InChI is InChI=1S/C24H18FN3O2/c1-14-20-22(23(30)15-10-12-16(25)13-11-15)21-18(8-5-9-19(21)29)26-24(20)28(27-14)17-6-3-2-4-7-17/h2-4,6-7,10-13H,5,8-9H2,1H3. The molecule has 148 valence electrons. The zero-order valence-corrected chi connectivity index (χ0v) is 16.4. The van der Waals surface area contributed by atoms with Gasteiger partial charge in [0.2, 0.25) is 0 Å². The maximum atomic E-state index is 13.5. The van der Waals surface area contributed by atoms with Crippen molar-refractivity contribution in [3.63, 3.8) is 0 Å². The first kappa shape index (κ1) is 18.4. The van der Waals surface area contributed by atoms with E-state index < -0.39 is 5.82 Å². The minimum Gasteiger partial charge on any atom is -0.294 e. The number of Topliss-reactive ketones (excluding diaryl/α,β-unsaturated/α-hetero) is 1. The van der Waals surface area contributed by atoms with Crippen LogP contribution in [0.1, 0.15) is 50.5 Å². The molecule has 0 saturated heterocycles. The smallest absolute Gasteiger partial charge is 0.194 e. The van der Waals surface area contributed by atoms with Crippen LogP contribution in [-0.2, 0) is 6.42 Å². The number of hydrogen-bond donors (Lipinski definition) is 0. The Morgan fingerprint density at radius 3 is 2.50 bits per heavy atom. The number of para-hydroxylation sites is 1. The molecule has 4 aromatic rings. The van der Waals surface area contributed by atoms with Crippen LogP contribution in [0.15, 0.2) is 54.6 Å². The van der Waals surface area contributed by atoms with Gasteiger partial charge in [-0.1, -0.05) is 18.2 Å². The molecule has 0 atom stereocenters. The third-order valence-electron chi connectivity index (χ3n) is 5.50. The summed E-state index contributed by atoms with van der Waals surface area (Å²) in [5.74, 6) is -0.815. The first-order valence-corrected chi connectivity index (χ1v) is 9.85. The van der Waals surface area contributed by atoms with Gasteiger partial charge in [0.15, 0.2) is 17.2 Å². The van der Waals surface area contributed by atoms with E-state index in [9.17, 15) is 14.0 Å². The first-order chi connectivity index (χ1) is 14.5. The summed E-state index contributed by atoms with van der Waals surface area (Å²) in [5.41, 5.74) is 3.67. The first-order valence-electron chi connectivity index (χ1n) is 9.85. The highest BCUT2D eigenvalue weighted by Crippen LogP contribution is 2.33. The van der Waals surface area contributed by atoms with Gasteiger partial charge in [0.25, 0.3) is 0 Å². The molecule has 0 unspecified atom stereocenters. The Morgan fingerprint density at radius 1 is 1.03 bits per heavy atom. The lowest BCUT2D eigenvalue weighted by atomic mass is 9.86. The number of nitrogens with zero attached hydrogens (tertiary/aromatic N) is 3. The van der Waals surface area contributed by atoms with Gasteiger partial charge < -0.3 is 0 Å². The van der Waals surface area contributed by atoms with Crippen LogP contribution in [-0.4, -0.2) is 26.3 Å². The van der Waals surface area contributed by atoms with Gasteiger partial charge in [-0.15, -0.1) is 0 Å². The summed E-state index contributed by atoms with van der Waals surface area (Å²) in [6, 6.07) is 15.0. The van der Waals surface area contributed by atoms with Gasteiger partial charge in [-0.25, -0.2) is 14.1 Å². The molecule has 0 radical (unpaired) electrons. The van der Waals surface area contributed by atoms with Crippen LogP contribution in [0.3, 0.4) is 0 Å². The van der Waals surface area contributed by atoms with E-state index in [1.807, 2.05) is 37.3 Å². The number of pyridine rings is 1. The summed E-state index contributed by atoms with van der Waals surface area (Å²) in [5, 5.41) is 5.21. The van der Waals surface area contributed by atoms with E-state index in [0.717, 1.165) is 5.69 Å². The molecule has 0 amide bonds. The summed E-state index contributed by atoms with van der Waals surface area (Å²) >= 11 is 0. The van der Waals surface area contributed by atoms with E-state index in [-0.39, 0.29) is 11.6 Å². The zero-order valence-electron chi connectivity index (χ0n) is 16.4. The zero-order chi connectivity index (χ0) is 20.8. The molecule has 0 N–H and O–H groups in total. The number of carbonyl (C=O) groups excluding carboxylic acids is 2. The molecule has 2 aromatic heterocycles. The van der Waals surface area contributed by atoms with Gasteiger partial charge in [0, 0.05) is 17.5 Å². The van der Waals surface area contributed by atoms with Crippen LogP contribution in [0.25, 0.3) is 16.7 Å². The Bertz CT molecular complexity index is 1310.